The molecule has 0 aliphatic carbocycles. The first kappa shape index (κ1) is 17.2. The highest BCUT2D eigenvalue weighted by atomic mass is 32.2. The van der Waals surface area contributed by atoms with Crippen LogP contribution in [0.3, 0.4) is 0 Å². The molecule has 0 saturated carbocycles. The molecular weight excluding hydrogens is 336 g/mol. The van der Waals surface area contributed by atoms with Gasteiger partial charge in [0, 0.05) is 5.56 Å². The van der Waals surface area contributed by atoms with Gasteiger partial charge in [0.25, 0.3) is 11.1 Å². The summed E-state index contributed by atoms with van der Waals surface area (Å²) in [5.74, 6) is 1.41. The number of ether oxygens (including phenoxy) is 1. The molecule has 0 atom stereocenters. The van der Waals surface area contributed by atoms with E-state index in [1.165, 1.54) is 17.3 Å². The molecule has 0 saturated heterocycles. The van der Waals surface area contributed by atoms with Crippen molar-refractivity contribution < 1.29 is 13.9 Å². The molecule has 0 N–H and O–H groups in total. The number of aromatic nitrogens is 2. The zero-order valence-electron chi connectivity index (χ0n) is 14.1. The number of Topliss-reactive ketones (excluding diaryl/α,β-unsaturated/α-hetero) is 1. The predicted octanol–water partition coefficient (Wildman–Crippen LogP) is 4.24. The number of ketones is 1. The van der Waals surface area contributed by atoms with E-state index >= 15 is 0 Å². The van der Waals surface area contributed by atoms with Gasteiger partial charge in [-0.05, 0) is 26.0 Å². The van der Waals surface area contributed by atoms with Gasteiger partial charge in [0.05, 0.1) is 5.75 Å². The quantitative estimate of drug-likeness (QED) is 0.467. The number of thioether (sulfide) groups is 1. The normalized spacial score (nSPS) is 10.6. The number of hydrogen-bond donors (Lipinski definition) is 0. The van der Waals surface area contributed by atoms with E-state index in [-0.39, 0.29) is 18.1 Å². The molecule has 2 aromatic carbocycles. The molecule has 0 fully saturated rings. The van der Waals surface area contributed by atoms with E-state index in [1.807, 2.05) is 62.4 Å². The molecule has 0 spiro atoms. The molecular formula is C19H18N2O3S. The number of nitrogens with zero attached hydrogens (tertiary/aromatic N) is 2. The Morgan fingerprint density at radius 2 is 1.64 bits per heavy atom. The first-order chi connectivity index (χ1) is 12.1. The van der Waals surface area contributed by atoms with Crippen molar-refractivity contribution in [2.45, 2.75) is 25.7 Å². The van der Waals surface area contributed by atoms with Gasteiger partial charge in [-0.1, -0.05) is 59.3 Å². The van der Waals surface area contributed by atoms with E-state index in [0.29, 0.717) is 16.7 Å². The van der Waals surface area contributed by atoms with Gasteiger partial charge in [0.1, 0.15) is 5.75 Å². The zero-order chi connectivity index (χ0) is 17.6. The number of carbonyl (C=O) groups is 1. The van der Waals surface area contributed by atoms with Crippen molar-refractivity contribution in [2.24, 2.45) is 0 Å². The molecule has 0 aliphatic rings. The minimum atomic E-state index is 0.0284. The molecule has 3 rings (SSSR count). The number of aryl methyl sites for hydroxylation is 2. The SMILES string of the molecule is Cc1ccc(OCc2nnc(SCC(=O)c3ccc(C)cc3)o2)cc1. The van der Waals surface area contributed by atoms with Crippen molar-refractivity contribution in [3.8, 4) is 5.75 Å². The van der Waals surface area contributed by atoms with Gasteiger partial charge in [-0.25, -0.2) is 0 Å². The standard InChI is InChI=1S/C19H18N2O3S/c1-13-3-7-15(8-4-13)17(22)12-25-19-21-20-18(24-19)11-23-16-9-5-14(2)6-10-16/h3-10H,11-12H2,1-2H3. The number of hydrogen-bond acceptors (Lipinski definition) is 6. The van der Waals surface area contributed by atoms with Crippen molar-refractivity contribution in [3.05, 3.63) is 71.1 Å². The van der Waals surface area contributed by atoms with Crippen LogP contribution in [-0.4, -0.2) is 21.7 Å². The van der Waals surface area contributed by atoms with Crippen LogP contribution in [0.1, 0.15) is 27.4 Å². The molecule has 0 bridgehead atoms. The summed E-state index contributed by atoms with van der Waals surface area (Å²) in [6.45, 7) is 4.20. The fourth-order valence-corrected chi connectivity index (χ4v) is 2.76. The molecule has 3 aromatic rings. The Morgan fingerprint density at radius 3 is 2.32 bits per heavy atom. The molecule has 0 radical (unpaired) electrons. The van der Waals surface area contributed by atoms with Crippen molar-refractivity contribution in [3.63, 3.8) is 0 Å². The van der Waals surface area contributed by atoms with E-state index in [1.54, 1.807) is 0 Å². The van der Waals surface area contributed by atoms with Gasteiger partial charge in [0.2, 0.25) is 0 Å². The Kier molecular flexibility index (Phi) is 5.50. The van der Waals surface area contributed by atoms with Crippen LogP contribution in [0.25, 0.3) is 0 Å². The summed E-state index contributed by atoms with van der Waals surface area (Å²) in [4.78, 5) is 12.1. The maximum Gasteiger partial charge on any atom is 0.277 e. The zero-order valence-corrected chi connectivity index (χ0v) is 14.9. The number of carbonyl (C=O) groups excluding carboxylic acids is 1. The minimum Gasteiger partial charge on any atom is -0.484 e. The first-order valence-electron chi connectivity index (χ1n) is 7.85. The second kappa shape index (κ2) is 7.98. The third-order valence-corrected chi connectivity index (χ3v) is 4.35. The van der Waals surface area contributed by atoms with Crippen LogP contribution in [-0.2, 0) is 6.61 Å². The van der Waals surface area contributed by atoms with Gasteiger partial charge in [-0.3, -0.25) is 4.79 Å². The molecule has 6 heteroatoms. The van der Waals surface area contributed by atoms with E-state index in [9.17, 15) is 4.79 Å². The van der Waals surface area contributed by atoms with Gasteiger partial charge >= 0.3 is 0 Å². The van der Waals surface area contributed by atoms with Gasteiger partial charge in [-0.15, -0.1) is 10.2 Å². The van der Waals surface area contributed by atoms with Crippen LogP contribution in [0, 0.1) is 13.8 Å². The third-order valence-electron chi connectivity index (χ3n) is 3.53. The van der Waals surface area contributed by atoms with Crippen LogP contribution in [0.4, 0.5) is 0 Å². The molecule has 25 heavy (non-hydrogen) atoms. The van der Waals surface area contributed by atoms with Crippen LogP contribution in [0.2, 0.25) is 0 Å². The van der Waals surface area contributed by atoms with Crippen LogP contribution in [0.5, 0.6) is 5.75 Å². The second-order valence-corrected chi connectivity index (χ2v) is 6.57. The average molecular weight is 354 g/mol. The van der Waals surface area contributed by atoms with Gasteiger partial charge in [0.15, 0.2) is 12.4 Å². The third kappa shape index (κ3) is 4.93. The highest BCUT2D eigenvalue weighted by molar-refractivity contribution is 7.99. The van der Waals surface area contributed by atoms with E-state index in [0.717, 1.165) is 11.3 Å². The number of benzene rings is 2. The van der Waals surface area contributed by atoms with E-state index in [4.69, 9.17) is 9.15 Å². The summed E-state index contributed by atoms with van der Waals surface area (Å²) in [5.41, 5.74) is 2.97. The van der Waals surface area contributed by atoms with Gasteiger partial charge in [-0.2, -0.15) is 0 Å². The Balaban J connectivity index is 1.50. The average Bonchev–Trinajstić information content (AvgIpc) is 3.08. The fraction of sp³-hybridized carbons (Fsp3) is 0.211. The second-order valence-electron chi connectivity index (χ2n) is 5.64. The summed E-state index contributed by atoms with van der Waals surface area (Å²) in [7, 11) is 0. The summed E-state index contributed by atoms with van der Waals surface area (Å²) in [5, 5.41) is 8.24. The van der Waals surface area contributed by atoms with Crippen molar-refractivity contribution >= 4 is 17.5 Å². The lowest BCUT2D eigenvalue weighted by Gasteiger charge is -2.02. The highest BCUT2D eigenvalue weighted by Crippen LogP contribution is 2.19. The summed E-state index contributed by atoms with van der Waals surface area (Å²) in [6, 6.07) is 15.2. The molecule has 128 valence electrons. The number of rotatable bonds is 7. The van der Waals surface area contributed by atoms with Gasteiger partial charge < -0.3 is 9.15 Å². The Labute approximate surface area is 150 Å². The lowest BCUT2D eigenvalue weighted by Crippen LogP contribution is -2.02. The Bertz CT molecular complexity index is 842. The highest BCUT2D eigenvalue weighted by Gasteiger charge is 2.11. The van der Waals surface area contributed by atoms with Crippen molar-refractivity contribution in [2.75, 3.05) is 5.75 Å². The molecule has 0 amide bonds. The summed E-state index contributed by atoms with van der Waals surface area (Å²) in [6.07, 6.45) is 0. The predicted molar refractivity (Wildman–Crippen MR) is 96.0 cm³/mol. The fourth-order valence-electron chi connectivity index (χ4n) is 2.08. The Morgan fingerprint density at radius 1 is 1.00 bits per heavy atom. The molecule has 1 aromatic heterocycles. The Hall–Kier alpha value is -2.60. The maximum absolute atomic E-state index is 12.1. The van der Waals surface area contributed by atoms with E-state index < -0.39 is 0 Å². The monoisotopic (exact) mass is 354 g/mol. The van der Waals surface area contributed by atoms with Crippen LogP contribution in [0.15, 0.2) is 58.2 Å². The van der Waals surface area contributed by atoms with Crippen LogP contribution < -0.4 is 4.74 Å². The lowest BCUT2D eigenvalue weighted by atomic mass is 10.1. The largest absolute Gasteiger partial charge is 0.484 e. The maximum atomic E-state index is 12.1. The van der Waals surface area contributed by atoms with E-state index in [2.05, 4.69) is 10.2 Å². The molecule has 0 aliphatic heterocycles. The lowest BCUT2D eigenvalue weighted by molar-refractivity contribution is 0.102. The summed E-state index contributed by atoms with van der Waals surface area (Å²) < 4.78 is 11.1. The summed E-state index contributed by atoms with van der Waals surface area (Å²) >= 11 is 1.23. The minimum absolute atomic E-state index is 0.0284. The topological polar surface area (TPSA) is 65.2 Å². The molecule has 1 heterocycles. The molecule has 0 unspecified atom stereocenters. The van der Waals surface area contributed by atoms with Crippen LogP contribution >= 0.6 is 11.8 Å². The first-order valence-corrected chi connectivity index (χ1v) is 8.83. The van der Waals surface area contributed by atoms with Crippen molar-refractivity contribution in [1.29, 1.82) is 0 Å². The molecule has 5 nitrogen and oxygen atoms in total. The smallest absolute Gasteiger partial charge is 0.277 e. The van der Waals surface area contributed by atoms with Crippen molar-refractivity contribution in [1.82, 2.24) is 10.2 Å².